The molecule has 15 heteroatoms. The van der Waals surface area contributed by atoms with Gasteiger partial charge < -0.3 is 42.4 Å². The number of aromatic nitrogens is 2. The van der Waals surface area contributed by atoms with E-state index >= 15 is 0 Å². The lowest BCUT2D eigenvalue weighted by molar-refractivity contribution is -0.141. The van der Waals surface area contributed by atoms with Crippen LogP contribution in [-0.2, 0) is 14.4 Å². The molecule has 4 aromatic rings. The lowest BCUT2D eigenvalue weighted by Gasteiger charge is -2.25. The topological polar surface area (TPSA) is 232 Å². The molecule has 0 unspecified atom stereocenters. The third-order valence-electron chi connectivity index (χ3n) is 7.13. The van der Waals surface area contributed by atoms with E-state index in [1.165, 1.54) is 12.1 Å². The SMILES string of the molecule is Cc1ccc(F)c(NC(=O)Nc2ccc(-c3cccc4c3c(N)nn4C(=O)C[C@](N)(C=O)CN[C@@H](CCC(=O)O)C(=O)O)cc2)c1. The monoisotopic (exact) mass is 633 g/mol. The van der Waals surface area contributed by atoms with Crippen LogP contribution in [0.2, 0.25) is 0 Å². The minimum atomic E-state index is -1.83. The number of aliphatic carboxylic acids is 2. The number of carbonyl (C=O) groups excluding carboxylic acids is 3. The molecule has 0 saturated heterocycles. The van der Waals surface area contributed by atoms with E-state index < -0.39 is 60.7 Å². The number of nitrogens with one attached hydrogen (secondary N) is 3. The van der Waals surface area contributed by atoms with Crippen molar-refractivity contribution in [3.05, 3.63) is 72.0 Å². The number of nitrogen functional groups attached to an aromatic ring is 1. The zero-order valence-electron chi connectivity index (χ0n) is 24.6. The molecule has 2 amide bonds. The number of rotatable bonds is 13. The van der Waals surface area contributed by atoms with Crippen molar-refractivity contribution in [2.75, 3.05) is 22.9 Å². The highest BCUT2D eigenvalue weighted by Gasteiger charge is 2.32. The number of aldehydes is 1. The Morgan fingerprint density at radius 3 is 2.43 bits per heavy atom. The highest BCUT2D eigenvalue weighted by atomic mass is 19.1. The number of hydrogen-bond donors (Lipinski definition) is 7. The predicted molar refractivity (Wildman–Crippen MR) is 168 cm³/mol. The average Bonchev–Trinajstić information content (AvgIpc) is 3.35. The van der Waals surface area contributed by atoms with Gasteiger partial charge in [-0.25, -0.2) is 9.18 Å². The smallest absolute Gasteiger partial charge is 0.323 e. The third kappa shape index (κ3) is 7.88. The third-order valence-corrected chi connectivity index (χ3v) is 7.13. The van der Waals surface area contributed by atoms with Crippen molar-refractivity contribution in [3.63, 3.8) is 0 Å². The molecule has 4 rings (SSSR count). The van der Waals surface area contributed by atoms with Crippen LogP contribution in [0.1, 0.15) is 29.6 Å². The Morgan fingerprint density at radius 1 is 1.07 bits per heavy atom. The fourth-order valence-electron chi connectivity index (χ4n) is 4.78. The molecule has 1 aromatic heterocycles. The quantitative estimate of drug-likeness (QED) is 0.106. The zero-order valence-corrected chi connectivity index (χ0v) is 24.6. The van der Waals surface area contributed by atoms with E-state index in [9.17, 15) is 33.5 Å². The number of carboxylic acids is 2. The summed E-state index contributed by atoms with van der Waals surface area (Å²) in [4.78, 5) is 60.0. The maximum atomic E-state index is 14.0. The van der Waals surface area contributed by atoms with Gasteiger partial charge in [0.25, 0.3) is 0 Å². The zero-order chi connectivity index (χ0) is 33.6. The summed E-state index contributed by atoms with van der Waals surface area (Å²) in [5.41, 5.74) is 13.4. The van der Waals surface area contributed by atoms with Gasteiger partial charge in [0.05, 0.1) is 28.6 Å². The van der Waals surface area contributed by atoms with Crippen molar-refractivity contribution in [1.82, 2.24) is 15.1 Å². The van der Waals surface area contributed by atoms with E-state index in [1.54, 1.807) is 55.5 Å². The Labute approximate surface area is 261 Å². The van der Waals surface area contributed by atoms with Gasteiger partial charge in [-0.2, -0.15) is 4.68 Å². The molecule has 46 heavy (non-hydrogen) atoms. The molecule has 3 aromatic carbocycles. The summed E-state index contributed by atoms with van der Waals surface area (Å²) in [5, 5.41) is 30.5. The van der Waals surface area contributed by atoms with Crippen LogP contribution in [0.15, 0.2) is 60.7 Å². The summed E-state index contributed by atoms with van der Waals surface area (Å²) in [7, 11) is 0. The highest BCUT2D eigenvalue weighted by Crippen LogP contribution is 2.33. The lowest BCUT2D eigenvalue weighted by atomic mass is 9.96. The lowest BCUT2D eigenvalue weighted by Crippen LogP contribution is -2.55. The summed E-state index contributed by atoms with van der Waals surface area (Å²) in [6, 6.07) is 14.2. The normalized spacial score (nSPS) is 13.0. The van der Waals surface area contributed by atoms with E-state index in [2.05, 4.69) is 21.0 Å². The molecule has 0 radical (unpaired) electrons. The van der Waals surface area contributed by atoms with Crippen molar-refractivity contribution in [3.8, 4) is 11.1 Å². The number of hydrogen-bond acceptors (Lipinski definition) is 9. The van der Waals surface area contributed by atoms with Crippen molar-refractivity contribution >= 4 is 58.3 Å². The first-order chi connectivity index (χ1) is 21.8. The summed E-state index contributed by atoms with van der Waals surface area (Å²) < 4.78 is 15.0. The van der Waals surface area contributed by atoms with Crippen LogP contribution >= 0.6 is 0 Å². The molecular formula is C31H32FN7O7. The molecule has 14 nitrogen and oxygen atoms in total. The molecule has 0 spiro atoms. The Balaban J connectivity index is 1.50. The largest absolute Gasteiger partial charge is 0.481 e. The van der Waals surface area contributed by atoms with Crippen molar-refractivity contribution in [2.45, 2.75) is 37.8 Å². The Hall–Kier alpha value is -5.67. The number of benzene rings is 3. The van der Waals surface area contributed by atoms with Gasteiger partial charge in [0.2, 0.25) is 5.91 Å². The number of nitrogens with zero attached hydrogens (tertiary/aromatic N) is 2. The molecular weight excluding hydrogens is 601 g/mol. The van der Waals surface area contributed by atoms with Gasteiger partial charge >= 0.3 is 18.0 Å². The van der Waals surface area contributed by atoms with Gasteiger partial charge in [-0.05, 0) is 60.4 Å². The first kappa shape index (κ1) is 33.2. The van der Waals surface area contributed by atoms with Crippen LogP contribution in [0.25, 0.3) is 22.0 Å². The molecule has 9 N–H and O–H groups in total. The number of carboxylic acid groups (broad SMARTS) is 2. The van der Waals surface area contributed by atoms with Crippen LogP contribution in [-0.4, -0.2) is 68.3 Å². The van der Waals surface area contributed by atoms with Crippen LogP contribution < -0.4 is 27.4 Å². The molecule has 0 aliphatic rings. The summed E-state index contributed by atoms with van der Waals surface area (Å²) in [5.74, 6) is -3.76. The molecule has 0 bridgehead atoms. The fraction of sp³-hybridized carbons (Fsp3) is 0.226. The van der Waals surface area contributed by atoms with Crippen LogP contribution in [0.3, 0.4) is 0 Å². The van der Waals surface area contributed by atoms with Crippen molar-refractivity contribution < 1.29 is 38.6 Å². The summed E-state index contributed by atoms with van der Waals surface area (Å²) in [6.07, 6.45) is -0.924. The average molecular weight is 634 g/mol. The van der Waals surface area contributed by atoms with Gasteiger partial charge in [0.1, 0.15) is 18.1 Å². The summed E-state index contributed by atoms with van der Waals surface area (Å²) >= 11 is 0. The maximum Gasteiger partial charge on any atom is 0.323 e. The number of aryl methyl sites for hydroxylation is 1. The van der Waals surface area contributed by atoms with Gasteiger partial charge in [-0.3, -0.25) is 14.4 Å². The molecule has 2 atom stereocenters. The molecule has 1 heterocycles. The minimum absolute atomic E-state index is 0.0205. The number of nitrogens with two attached hydrogens (primary N) is 2. The second-order valence-corrected chi connectivity index (χ2v) is 10.8. The van der Waals surface area contributed by atoms with E-state index in [0.717, 1.165) is 10.2 Å². The number of urea groups is 1. The molecule has 240 valence electrons. The Bertz CT molecular complexity index is 1810. The van der Waals surface area contributed by atoms with Crippen LogP contribution in [0.5, 0.6) is 0 Å². The van der Waals surface area contributed by atoms with Crippen LogP contribution in [0.4, 0.5) is 26.4 Å². The first-order valence-electron chi connectivity index (χ1n) is 14.0. The Kier molecular flexibility index (Phi) is 10.1. The van der Waals surface area contributed by atoms with Crippen LogP contribution in [0, 0.1) is 12.7 Å². The standard InChI is InChI=1S/C31H32FN7O7/c1-17-5-10-21(32)23(13-17)37-30(46)36-19-8-6-18(7-9-19)20-3-2-4-24-27(20)28(33)38-39(24)25(41)14-31(34,16-40)15-35-22(29(44)45)11-12-26(42)43/h2-10,13,16,22,35H,11-12,14-15,34H2,1H3,(H2,33,38)(H,42,43)(H,44,45)(H2,36,37,46)/t22-,31+/m0/s1. The van der Waals surface area contributed by atoms with Gasteiger partial charge in [-0.15, -0.1) is 5.10 Å². The van der Waals surface area contributed by atoms with Gasteiger partial charge in [0.15, 0.2) is 5.82 Å². The molecule has 0 fully saturated rings. The van der Waals surface area contributed by atoms with Crippen molar-refractivity contribution in [1.29, 1.82) is 0 Å². The molecule has 0 aliphatic heterocycles. The number of carbonyl (C=O) groups is 5. The van der Waals surface area contributed by atoms with E-state index in [1.807, 2.05) is 0 Å². The van der Waals surface area contributed by atoms with Gasteiger partial charge in [0, 0.05) is 18.7 Å². The van der Waals surface area contributed by atoms with Gasteiger partial charge in [-0.1, -0.05) is 30.3 Å². The van der Waals surface area contributed by atoms with E-state index in [4.69, 9.17) is 16.6 Å². The number of anilines is 3. The number of fused-ring (bicyclic) bond motifs is 1. The maximum absolute atomic E-state index is 14.0. The summed E-state index contributed by atoms with van der Waals surface area (Å²) in [6.45, 7) is 1.35. The molecule has 0 saturated carbocycles. The van der Waals surface area contributed by atoms with E-state index in [0.29, 0.717) is 34.0 Å². The number of halogens is 1. The predicted octanol–water partition coefficient (Wildman–Crippen LogP) is 3.21. The minimum Gasteiger partial charge on any atom is -0.481 e. The second kappa shape index (κ2) is 14.0. The van der Waals surface area contributed by atoms with Crippen molar-refractivity contribution in [2.24, 2.45) is 5.73 Å². The second-order valence-electron chi connectivity index (χ2n) is 10.8. The first-order valence-corrected chi connectivity index (χ1v) is 14.0. The van der Waals surface area contributed by atoms with E-state index in [-0.39, 0.29) is 17.9 Å². The fourth-order valence-corrected chi connectivity index (χ4v) is 4.78. The molecule has 0 aliphatic carbocycles. The number of amides is 2. The highest BCUT2D eigenvalue weighted by molar-refractivity contribution is 6.06. The Morgan fingerprint density at radius 2 is 1.78 bits per heavy atom.